The lowest BCUT2D eigenvalue weighted by Crippen LogP contribution is -2.44. The van der Waals surface area contributed by atoms with Crippen LogP contribution in [0.15, 0.2) is 0 Å². The van der Waals surface area contributed by atoms with Gasteiger partial charge in [0.1, 0.15) is 0 Å². The van der Waals surface area contributed by atoms with Crippen molar-refractivity contribution < 1.29 is 34.8 Å². The second-order valence-electron chi connectivity index (χ2n) is 9.69. The molecule has 37 heavy (non-hydrogen) atoms. The Kier molecular flexibility index (Phi) is 24.4. The molecule has 0 amide bonds. The van der Waals surface area contributed by atoms with Crippen molar-refractivity contribution >= 4 is 10.0 Å². The van der Waals surface area contributed by atoms with Gasteiger partial charge in [-0.2, -0.15) is 26.3 Å². The molecule has 0 aliphatic rings. The normalized spacial score (nSPS) is 12.6. The van der Waals surface area contributed by atoms with E-state index in [0.717, 1.165) is 0 Å². The monoisotopic (exact) mass is 570 g/mol. The molecule has 0 saturated heterocycles. The third kappa shape index (κ3) is 26.8. The van der Waals surface area contributed by atoms with E-state index in [9.17, 15) is 34.8 Å². The summed E-state index contributed by atoms with van der Waals surface area (Å²) >= 11 is 0. The predicted molar refractivity (Wildman–Crippen MR) is 141 cm³/mol. The Morgan fingerprint density at radius 2 is 0.784 bits per heavy atom. The standard InChI is InChI=1S/C24H51N.C2HF6NO2S/c1-4-7-10-13-16-19-22-25(23-20-17-14-11-8-5-2)24-21-18-15-12-9-6-3;3-1(4,5)9-12(10,11)2(6,7)8/h4-24H2,1-3H3;9H. The van der Waals surface area contributed by atoms with E-state index in [2.05, 4.69) is 25.7 Å². The first-order valence-corrected chi connectivity index (χ1v) is 15.7. The van der Waals surface area contributed by atoms with E-state index in [-0.39, 0.29) is 0 Å². The van der Waals surface area contributed by atoms with Crippen LogP contribution in [-0.4, -0.2) is 44.8 Å². The van der Waals surface area contributed by atoms with Crippen LogP contribution in [0.3, 0.4) is 0 Å². The number of hydrogen-bond acceptors (Lipinski definition) is 3. The molecule has 0 rings (SSSR count). The zero-order valence-corrected chi connectivity index (χ0v) is 24.1. The van der Waals surface area contributed by atoms with Crippen LogP contribution in [0.25, 0.3) is 0 Å². The summed E-state index contributed by atoms with van der Waals surface area (Å²) in [6.45, 7) is 11.0. The highest BCUT2D eigenvalue weighted by Crippen LogP contribution is 2.25. The van der Waals surface area contributed by atoms with Crippen molar-refractivity contribution in [3.63, 3.8) is 0 Å². The highest BCUT2D eigenvalue weighted by molar-refractivity contribution is 7.90. The Labute approximate surface area is 222 Å². The number of hydrogen-bond donors (Lipinski definition) is 1. The molecule has 226 valence electrons. The van der Waals surface area contributed by atoms with Crippen molar-refractivity contribution in [3.8, 4) is 0 Å². The number of rotatable bonds is 22. The quantitative estimate of drug-likeness (QED) is 0.0802. The lowest BCUT2D eigenvalue weighted by atomic mass is 10.1. The Bertz CT molecular complexity index is 561. The first-order chi connectivity index (χ1) is 17.3. The van der Waals surface area contributed by atoms with E-state index in [0.29, 0.717) is 0 Å². The maximum atomic E-state index is 11.2. The van der Waals surface area contributed by atoms with Gasteiger partial charge >= 0.3 is 21.8 Å². The Morgan fingerprint density at radius 3 is 1.00 bits per heavy atom. The maximum absolute atomic E-state index is 11.2. The summed E-state index contributed by atoms with van der Waals surface area (Å²) in [5, 5.41) is 0. The molecule has 0 unspecified atom stereocenters. The molecule has 0 radical (unpaired) electrons. The SMILES string of the molecule is CCCCCCCCN(CCCCCCCC)CCCCCCCC.O=S(=O)(NC(F)(F)F)C(F)(F)F. The van der Waals surface area contributed by atoms with E-state index in [1.54, 1.807) is 0 Å². The molecule has 4 nitrogen and oxygen atoms in total. The van der Waals surface area contributed by atoms with Crippen LogP contribution in [0.2, 0.25) is 0 Å². The summed E-state index contributed by atoms with van der Waals surface area (Å²) in [7, 11) is -6.33. The Balaban J connectivity index is 0. The van der Waals surface area contributed by atoms with Crippen molar-refractivity contribution in [2.75, 3.05) is 19.6 Å². The molecule has 11 heteroatoms. The minimum absolute atomic E-state index is 0.517. The molecule has 0 aromatic heterocycles. The van der Waals surface area contributed by atoms with E-state index >= 15 is 0 Å². The maximum Gasteiger partial charge on any atom is 0.511 e. The average molecular weight is 571 g/mol. The zero-order chi connectivity index (χ0) is 28.6. The van der Waals surface area contributed by atoms with Crippen molar-refractivity contribution in [2.45, 2.75) is 148 Å². The van der Waals surface area contributed by atoms with Crippen LogP contribution in [0, 0.1) is 0 Å². The van der Waals surface area contributed by atoms with Crippen LogP contribution in [0.4, 0.5) is 26.3 Å². The van der Waals surface area contributed by atoms with E-state index in [4.69, 9.17) is 0 Å². The summed E-state index contributed by atoms with van der Waals surface area (Å²) in [5.41, 5.74) is -5.96. The molecular formula is C26H52F6N2O2S. The Morgan fingerprint density at radius 1 is 0.514 bits per heavy atom. The average Bonchev–Trinajstić information content (AvgIpc) is 2.78. The number of halogens is 6. The van der Waals surface area contributed by atoms with Crippen molar-refractivity contribution in [3.05, 3.63) is 0 Å². The van der Waals surface area contributed by atoms with Gasteiger partial charge in [-0.1, -0.05) is 117 Å². The van der Waals surface area contributed by atoms with Crippen LogP contribution in [0.1, 0.15) is 136 Å². The van der Waals surface area contributed by atoms with Crippen molar-refractivity contribution in [1.82, 2.24) is 9.62 Å². The molecule has 0 aromatic carbocycles. The summed E-state index contributed by atoms with van der Waals surface area (Å²) < 4.78 is 85.8. The fourth-order valence-electron chi connectivity index (χ4n) is 3.89. The highest BCUT2D eigenvalue weighted by atomic mass is 32.2. The van der Waals surface area contributed by atoms with Crippen LogP contribution in [0.5, 0.6) is 0 Å². The predicted octanol–water partition coefficient (Wildman–Crippen LogP) is 9.32. The van der Waals surface area contributed by atoms with Crippen LogP contribution >= 0.6 is 0 Å². The second kappa shape index (κ2) is 23.3. The van der Waals surface area contributed by atoms with Crippen molar-refractivity contribution in [1.29, 1.82) is 0 Å². The molecule has 0 spiro atoms. The minimum Gasteiger partial charge on any atom is -0.303 e. The molecule has 0 aliphatic carbocycles. The Hall–Kier alpha value is -0.550. The molecule has 0 fully saturated rings. The molecule has 0 aliphatic heterocycles. The van der Waals surface area contributed by atoms with Gasteiger partial charge in [0.05, 0.1) is 0 Å². The lowest BCUT2D eigenvalue weighted by molar-refractivity contribution is -0.143. The first kappa shape index (κ1) is 38.6. The van der Waals surface area contributed by atoms with E-state index < -0.39 is 26.6 Å². The first-order valence-electron chi connectivity index (χ1n) is 14.2. The van der Waals surface area contributed by atoms with E-state index in [1.807, 2.05) is 0 Å². The van der Waals surface area contributed by atoms with Gasteiger partial charge in [0.2, 0.25) is 0 Å². The van der Waals surface area contributed by atoms with Gasteiger partial charge in [-0.05, 0) is 38.9 Å². The minimum atomic E-state index is -6.33. The number of unbranched alkanes of at least 4 members (excludes halogenated alkanes) is 15. The smallest absolute Gasteiger partial charge is 0.303 e. The fraction of sp³-hybridized carbons (Fsp3) is 1.00. The summed E-state index contributed by atoms with van der Waals surface area (Å²) in [5.74, 6) is 0. The second-order valence-corrected chi connectivity index (χ2v) is 11.4. The third-order valence-corrected chi connectivity index (χ3v) is 7.15. The van der Waals surface area contributed by atoms with E-state index in [1.165, 1.54) is 135 Å². The lowest BCUT2D eigenvalue weighted by Gasteiger charge is -2.22. The van der Waals surface area contributed by atoms with Crippen LogP contribution < -0.4 is 4.72 Å². The number of nitrogens with zero attached hydrogens (tertiary/aromatic N) is 1. The van der Waals surface area contributed by atoms with Crippen molar-refractivity contribution in [2.24, 2.45) is 0 Å². The van der Waals surface area contributed by atoms with Gasteiger partial charge in [-0.25, -0.2) is 8.42 Å². The zero-order valence-electron chi connectivity index (χ0n) is 23.3. The fourth-order valence-corrected chi connectivity index (χ4v) is 4.31. The molecule has 0 atom stereocenters. The molecule has 1 N–H and O–H groups in total. The van der Waals surface area contributed by atoms with Gasteiger partial charge in [0, 0.05) is 0 Å². The van der Waals surface area contributed by atoms with Gasteiger partial charge in [-0.3, -0.25) is 0 Å². The number of sulfonamides is 1. The molecule has 0 aromatic rings. The van der Waals surface area contributed by atoms with Gasteiger partial charge in [-0.15, -0.1) is 4.72 Å². The summed E-state index contributed by atoms with van der Waals surface area (Å²) in [6, 6.07) is 0. The van der Waals surface area contributed by atoms with Gasteiger partial charge < -0.3 is 4.90 Å². The van der Waals surface area contributed by atoms with Gasteiger partial charge in [0.15, 0.2) is 0 Å². The summed E-state index contributed by atoms with van der Waals surface area (Å²) in [4.78, 5) is 2.79. The highest BCUT2D eigenvalue weighted by Gasteiger charge is 2.51. The topological polar surface area (TPSA) is 49.4 Å². The van der Waals surface area contributed by atoms with Gasteiger partial charge in [0.25, 0.3) is 0 Å². The molecule has 0 bridgehead atoms. The number of alkyl halides is 6. The third-order valence-electron chi connectivity index (χ3n) is 6.04. The number of nitrogens with one attached hydrogen (secondary N) is 1. The molecule has 0 saturated carbocycles. The van der Waals surface area contributed by atoms with Crippen LogP contribution in [-0.2, 0) is 10.0 Å². The summed E-state index contributed by atoms with van der Waals surface area (Å²) in [6.07, 6.45) is 20.1. The molecule has 0 heterocycles. The molecular weight excluding hydrogens is 518 g/mol. The largest absolute Gasteiger partial charge is 0.511 e.